The van der Waals surface area contributed by atoms with Gasteiger partial charge in [0.2, 0.25) is 0 Å². The van der Waals surface area contributed by atoms with Crippen molar-refractivity contribution in [2.45, 2.75) is 24.0 Å². The summed E-state index contributed by atoms with van der Waals surface area (Å²) in [7, 11) is 0. The van der Waals surface area contributed by atoms with Gasteiger partial charge >= 0.3 is 0 Å². The second-order valence-corrected chi connectivity index (χ2v) is 6.29. The SMILES string of the molecule is Cc1ccc(C(=O)C(C)Sc2ccc(Cl)cc2)cc1. The minimum Gasteiger partial charge on any atom is -0.293 e. The van der Waals surface area contributed by atoms with E-state index in [1.165, 1.54) is 0 Å². The monoisotopic (exact) mass is 290 g/mol. The molecular formula is C16H15ClOS. The van der Waals surface area contributed by atoms with E-state index in [2.05, 4.69) is 0 Å². The van der Waals surface area contributed by atoms with Crippen molar-refractivity contribution in [2.75, 3.05) is 0 Å². The first-order valence-corrected chi connectivity index (χ1v) is 7.35. The van der Waals surface area contributed by atoms with Crippen LogP contribution in [0.15, 0.2) is 53.4 Å². The zero-order valence-corrected chi connectivity index (χ0v) is 12.5. The maximum atomic E-state index is 12.3. The van der Waals surface area contributed by atoms with Crippen LogP contribution >= 0.6 is 23.4 Å². The third-order valence-corrected chi connectivity index (χ3v) is 4.20. The van der Waals surface area contributed by atoms with Crippen molar-refractivity contribution in [1.82, 2.24) is 0 Å². The van der Waals surface area contributed by atoms with Crippen LogP contribution in [0.2, 0.25) is 5.02 Å². The van der Waals surface area contributed by atoms with Gasteiger partial charge in [-0.05, 0) is 38.1 Å². The second-order valence-electron chi connectivity index (χ2n) is 4.44. The van der Waals surface area contributed by atoms with E-state index in [4.69, 9.17) is 11.6 Å². The van der Waals surface area contributed by atoms with Crippen molar-refractivity contribution < 1.29 is 4.79 Å². The molecule has 0 saturated carbocycles. The Balaban J connectivity index is 2.07. The molecule has 0 aliphatic carbocycles. The average molecular weight is 291 g/mol. The highest BCUT2D eigenvalue weighted by atomic mass is 35.5. The molecule has 2 aromatic carbocycles. The molecule has 0 radical (unpaired) electrons. The first kappa shape index (κ1) is 14.2. The Morgan fingerprint density at radius 2 is 1.63 bits per heavy atom. The van der Waals surface area contributed by atoms with E-state index in [9.17, 15) is 4.79 Å². The van der Waals surface area contributed by atoms with Crippen LogP contribution in [-0.2, 0) is 0 Å². The number of rotatable bonds is 4. The second kappa shape index (κ2) is 6.27. The third kappa shape index (κ3) is 3.85. The number of ketones is 1. The first-order chi connectivity index (χ1) is 9.06. The number of hydrogen-bond donors (Lipinski definition) is 0. The first-order valence-electron chi connectivity index (χ1n) is 6.09. The highest BCUT2D eigenvalue weighted by molar-refractivity contribution is 8.00. The molecule has 1 unspecified atom stereocenters. The lowest BCUT2D eigenvalue weighted by atomic mass is 10.1. The van der Waals surface area contributed by atoms with Gasteiger partial charge in [0.1, 0.15) is 0 Å². The van der Waals surface area contributed by atoms with Crippen molar-refractivity contribution in [3.8, 4) is 0 Å². The Hall–Kier alpha value is -1.25. The molecule has 0 fully saturated rings. The fourth-order valence-electron chi connectivity index (χ4n) is 1.72. The normalized spacial score (nSPS) is 12.2. The van der Waals surface area contributed by atoms with E-state index in [-0.39, 0.29) is 11.0 Å². The van der Waals surface area contributed by atoms with E-state index in [1.807, 2.05) is 62.4 Å². The van der Waals surface area contributed by atoms with Crippen molar-refractivity contribution in [3.63, 3.8) is 0 Å². The molecule has 2 rings (SSSR count). The number of carbonyl (C=O) groups is 1. The largest absolute Gasteiger partial charge is 0.293 e. The van der Waals surface area contributed by atoms with Crippen molar-refractivity contribution in [2.24, 2.45) is 0 Å². The summed E-state index contributed by atoms with van der Waals surface area (Å²) in [6.45, 7) is 3.95. The Labute approximate surface area is 123 Å². The van der Waals surface area contributed by atoms with Crippen LogP contribution in [0.4, 0.5) is 0 Å². The molecule has 0 amide bonds. The fourth-order valence-corrected chi connectivity index (χ4v) is 2.79. The highest BCUT2D eigenvalue weighted by Gasteiger charge is 2.16. The van der Waals surface area contributed by atoms with Crippen LogP contribution in [0, 0.1) is 6.92 Å². The number of hydrogen-bond acceptors (Lipinski definition) is 2. The standard InChI is InChI=1S/C16H15ClOS/c1-11-3-5-13(6-4-11)16(18)12(2)19-15-9-7-14(17)8-10-15/h3-10,12H,1-2H3. The molecule has 3 heteroatoms. The predicted molar refractivity (Wildman–Crippen MR) is 82.3 cm³/mol. The average Bonchev–Trinajstić information content (AvgIpc) is 2.41. The predicted octanol–water partition coefficient (Wildman–Crippen LogP) is 5.01. The lowest BCUT2D eigenvalue weighted by molar-refractivity contribution is 0.0994. The third-order valence-electron chi connectivity index (χ3n) is 2.83. The molecule has 0 N–H and O–H groups in total. The summed E-state index contributed by atoms with van der Waals surface area (Å²) in [5.74, 6) is 0.153. The van der Waals surface area contributed by atoms with Crippen LogP contribution in [0.1, 0.15) is 22.8 Å². The van der Waals surface area contributed by atoms with Gasteiger partial charge < -0.3 is 0 Å². The Kier molecular flexibility index (Phi) is 4.67. The number of benzene rings is 2. The Morgan fingerprint density at radius 1 is 1.05 bits per heavy atom. The Morgan fingerprint density at radius 3 is 2.21 bits per heavy atom. The number of halogens is 1. The van der Waals surface area contributed by atoms with Crippen LogP contribution in [0.3, 0.4) is 0 Å². The zero-order valence-electron chi connectivity index (χ0n) is 10.9. The highest BCUT2D eigenvalue weighted by Crippen LogP contribution is 2.26. The molecule has 0 bridgehead atoms. The summed E-state index contributed by atoms with van der Waals surface area (Å²) in [6, 6.07) is 15.3. The minimum atomic E-state index is -0.108. The van der Waals surface area contributed by atoms with E-state index in [1.54, 1.807) is 11.8 Å². The number of carbonyl (C=O) groups excluding carboxylic acids is 1. The number of aryl methyl sites for hydroxylation is 1. The maximum Gasteiger partial charge on any atom is 0.175 e. The van der Waals surface area contributed by atoms with Gasteiger partial charge in [0.15, 0.2) is 5.78 Å². The number of thioether (sulfide) groups is 1. The molecule has 0 aliphatic heterocycles. The molecule has 98 valence electrons. The molecule has 1 atom stereocenters. The van der Waals surface area contributed by atoms with Gasteiger partial charge in [-0.3, -0.25) is 4.79 Å². The molecule has 2 aromatic rings. The topological polar surface area (TPSA) is 17.1 Å². The quantitative estimate of drug-likeness (QED) is 0.581. The zero-order chi connectivity index (χ0) is 13.8. The van der Waals surface area contributed by atoms with Crippen LogP contribution < -0.4 is 0 Å². The van der Waals surface area contributed by atoms with Gasteiger partial charge in [0.05, 0.1) is 5.25 Å². The van der Waals surface area contributed by atoms with Gasteiger partial charge in [-0.15, -0.1) is 11.8 Å². The van der Waals surface area contributed by atoms with Crippen LogP contribution in [-0.4, -0.2) is 11.0 Å². The van der Waals surface area contributed by atoms with Crippen molar-refractivity contribution in [1.29, 1.82) is 0 Å². The van der Waals surface area contributed by atoms with E-state index in [0.717, 1.165) is 16.0 Å². The summed E-state index contributed by atoms with van der Waals surface area (Å²) in [5, 5.41) is 0.603. The molecule has 19 heavy (non-hydrogen) atoms. The van der Waals surface area contributed by atoms with Gasteiger partial charge in [-0.25, -0.2) is 0 Å². The van der Waals surface area contributed by atoms with Crippen LogP contribution in [0.5, 0.6) is 0 Å². The molecule has 0 aromatic heterocycles. The van der Waals surface area contributed by atoms with Gasteiger partial charge in [0, 0.05) is 15.5 Å². The van der Waals surface area contributed by atoms with E-state index < -0.39 is 0 Å². The fraction of sp³-hybridized carbons (Fsp3) is 0.188. The maximum absolute atomic E-state index is 12.3. The van der Waals surface area contributed by atoms with Crippen molar-refractivity contribution >= 4 is 29.1 Å². The molecule has 0 aliphatic rings. The lowest BCUT2D eigenvalue weighted by Crippen LogP contribution is -2.13. The molecule has 1 nitrogen and oxygen atoms in total. The summed E-state index contributed by atoms with van der Waals surface area (Å²) in [5.41, 5.74) is 1.93. The smallest absolute Gasteiger partial charge is 0.175 e. The summed E-state index contributed by atoms with van der Waals surface area (Å²) >= 11 is 7.40. The van der Waals surface area contributed by atoms with E-state index in [0.29, 0.717) is 5.02 Å². The van der Waals surface area contributed by atoms with Gasteiger partial charge in [-0.2, -0.15) is 0 Å². The molecular weight excluding hydrogens is 276 g/mol. The lowest BCUT2D eigenvalue weighted by Gasteiger charge is -2.10. The van der Waals surface area contributed by atoms with Crippen LogP contribution in [0.25, 0.3) is 0 Å². The summed E-state index contributed by atoms with van der Waals surface area (Å²) in [6.07, 6.45) is 0. The Bertz CT molecular complexity index is 560. The summed E-state index contributed by atoms with van der Waals surface area (Å²) < 4.78 is 0. The summed E-state index contributed by atoms with van der Waals surface area (Å²) in [4.78, 5) is 13.3. The van der Waals surface area contributed by atoms with Gasteiger partial charge in [0.25, 0.3) is 0 Å². The number of Topliss-reactive ketones (excluding diaryl/α,β-unsaturated/α-hetero) is 1. The molecule has 0 spiro atoms. The van der Waals surface area contributed by atoms with Gasteiger partial charge in [-0.1, -0.05) is 41.4 Å². The molecule has 0 heterocycles. The van der Waals surface area contributed by atoms with Crippen molar-refractivity contribution in [3.05, 3.63) is 64.7 Å². The molecule has 0 saturated heterocycles. The van der Waals surface area contributed by atoms with E-state index >= 15 is 0 Å². The minimum absolute atomic E-state index is 0.108.